The van der Waals surface area contributed by atoms with E-state index in [4.69, 9.17) is 15.2 Å². The van der Waals surface area contributed by atoms with E-state index in [9.17, 15) is 8.78 Å². The first-order valence-electron chi connectivity index (χ1n) is 5.62. The number of rotatable bonds is 3. The number of halogens is 2. The fourth-order valence-corrected chi connectivity index (χ4v) is 1.99. The zero-order valence-corrected chi connectivity index (χ0v) is 9.63. The SMILES string of the molecule is CC(CCN)c1c(F)c(F)cc2c1OCCO2. The van der Waals surface area contributed by atoms with Crippen molar-refractivity contribution in [3.63, 3.8) is 0 Å². The Balaban J connectivity index is 2.50. The van der Waals surface area contributed by atoms with Crippen molar-refractivity contribution in [2.24, 2.45) is 5.73 Å². The van der Waals surface area contributed by atoms with Crippen LogP contribution in [0.2, 0.25) is 0 Å². The molecule has 1 aromatic rings. The normalized spacial score (nSPS) is 15.8. The molecule has 0 bridgehead atoms. The molecule has 1 atom stereocenters. The second-order valence-electron chi connectivity index (χ2n) is 4.09. The van der Waals surface area contributed by atoms with Gasteiger partial charge in [0.05, 0.1) is 0 Å². The molecule has 2 rings (SSSR count). The van der Waals surface area contributed by atoms with Gasteiger partial charge in [0.25, 0.3) is 0 Å². The number of fused-ring (bicyclic) bond motifs is 1. The summed E-state index contributed by atoms with van der Waals surface area (Å²) in [6.07, 6.45) is 0.566. The maximum atomic E-state index is 13.8. The molecule has 17 heavy (non-hydrogen) atoms. The summed E-state index contributed by atoms with van der Waals surface area (Å²) in [6, 6.07) is 1.03. The van der Waals surface area contributed by atoms with Gasteiger partial charge >= 0.3 is 0 Å². The highest BCUT2D eigenvalue weighted by Crippen LogP contribution is 2.41. The topological polar surface area (TPSA) is 44.5 Å². The van der Waals surface area contributed by atoms with Crippen molar-refractivity contribution in [1.29, 1.82) is 0 Å². The highest BCUT2D eigenvalue weighted by Gasteiger charge is 2.26. The summed E-state index contributed by atoms with van der Waals surface area (Å²) >= 11 is 0. The van der Waals surface area contributed by atoms with Gasteiger partial charge in [-0.15, -0.1) is 0 Å². The van der Waals surface area contributed by atoms with Crippen LogP contribution in [0, 0.1) is 11.6 Å². The van der Waals surface area contributed by atoms with Gasteiger partial charge in [0, 0.05) is 11.6 Å². The Kier molecular flexibility index (Phi) is 3.47. The third-order valence-electron chi connectivity index (χ3n) is 2.85. The average molecular weight is 243 g/mol. The first-order valence-corrected chi connectivity index (χ1v) is 5.62. The lowest BCUT2D eigenvalue weighted by atomic mass is 9.95. The molecule has 1 aromatic carbocycles. The molecule has 3 nitrogen and oxygen atoms in total. The van der Waals surface area contributed by atoms with E-state index in [1.807, 2.05) is 0 Å². The van der Waals surface area contributed by atoms with Crippen molar-refractivity contribution < 1.29 is 18.3 Å². The van der Waals surface area contributed by atoms with Crippen molar-refractivity contribution >= 4 is 0 Å². The van der Waals surface area contributed by atoms with Gasteiger partial charge in [-0.25, -0.2) is 8.78 Å². The molecule has 1 aliphatic rings. The van der Waals surface area contributed by atoms with Crippen LogP contribution in [-0.2, 0) is 0 Å². The van der Waals surface area contributed by atoms with Crippen LogP contribution in [0.5, 0.6) is 11.5 Å². The van der Waals surface area contributed by atoms with Gasteiger partial charge in [0.1, 0.15) is 13.2 Å². The molecule has 1 unspecified atom stereocenters. The predicted molar refractivity (Wildman–Crippen MR) is 59.4 cm³/mol. The Hall–Kier alpha value is -1.36. The zero-order chi connectivity index (χ0) is 12.4. The second kappa shape index (κ2) is 4.87. The van der Waals surface area contributed by atoms with Crippen LogP contribution in [0.25, 0.3) is 0 Å². The van der Waals surface area contributed by atoms with E-state index in [0.29, 0.717) is 31.9 Å². The summed E-state index contributed by atoms with van der Waals surface area (Å²) in [5.74, 6) is -1.39. The molecule has 5 heteroatoms. The Labute approximate surface area is 98.5 Å². The van der Waals surface area contributed by atoms with Gasteiger partial charge in [-0.3, -0.25) is 0 Å². The van der Waals surface area contributed by atoms with Crippen LogP contribution >= 0.6 is 0 Å². The molecular formula is C12H15F2NO2. The minimum atomic E-state index is -0.909. The van der Waals surface area contributed by atoms with Crippen LogP contribution in [0.3, 0.4) is 0 Å². The Morgan fingerprint density at radius 2 is 2.06 bits per heavy atom. The fraction of sp³-hybridized carbons (Fsp3) is 0.500. The molecule has 2 N–H and O–H groups in total. The summed E-state index contributed by atoms with van der Waals surface area (Å²) in [5, 5.41) is 0. The van der Waals surface area contributed by atoms with E-state index < -0.39 is 11.6 Å². The Morgan fingerprint density at radius 1 is 1.35 bits per heavy atom. The third kappa shape index (κ3) is 2.20. The fourth-order valence-electron chi connectivity index (χ4n) is 1.99. The van der Waals surface area contributed by atoms with Crippen LogP contribution in [0.1, 0.15) is 24.8 Å². The Bertz CT molecular complexity index is 423. The first-order chi connectivity index (χ1) is 8.15. The van der Waals surface area contributed by atoms with Gasteiger partial charge in [0.15, 0.2) is 23.1 Å². The monoisotopic (exact) mass is 243 g/mol. The predicted octanol–water partition coefficient (Wildman–Crippen LogP) is 2.19. The summed E-state index contributed by atoms with van der Waals surface area (Å²) in [7, 11) is 0. The van der Waals surface area contributed by atoms with E-state index in [2.05, 4.69) is 0 Å². The number of nitrogens with two attached hydrogens (primary N) is 1. The Morgan fingerprint density at radius 3 is 2.76 bits per heavy atom. The van der Waals surface area contributed by atoms with Crippen LogP contribution in [-0.4, -0.2) is 19.8 Å². The quantitative estimate of drug-likeness (QED) is 0.885. The van der Waals surface area contributed by atoms with Crippen LogP contribution in [0.4, 0.5) is 8.78 Å². The van der Waals surface area contributed by atoms with Gasteiger partial charge in [-0.2, -0.15) is 0 Å². The number of hydrogen-bond donors (Lipinski definition) is 1. The average Bonchev–Trinajstić information content (AvgIpc) is 2.31. The summed E-state index contributed by atoms with van der Waals surface area (Å²) < 4.78 is 37.9. The number of ether oxygens (including phenoxy) is 2. The zero-order valence-electron chi connectivity index (χ0n) is 9.63. The lowest BCUT2D eigenvalue weighted by Crippen LogP contribution is -2.19. The molecule has 0 saturated carbocycles. The van der Waals surface area contributed by atoms with Crippen molar-refractivity contribution in [1.82, 2.24) is 0 Å². The smallest absolute Gasteiger partial charge is 0.167 e. The van der Waals surface area contributed by atoms with E-state index in [-0.39, 0.29) is 17.2 Å². The molecule has 0 radical (unpaired) electrons. The van der Waals surface area contributed by atoms with Gasteiger partial charge in [-0.05, 0) is 18.9 Å². The summed E-state index contributed by atoms with van der Waals surface area (Å²) in [4.78, 5) is 0. The lowest BCUT2D eigenvalue weighted by Gasteiger charge is -2.24. The summed E-state index contributed by atoms with van der Waals surface area (Å²) in [6.45, 7) is 2.90. The van der Waals surface area contributed by atoms with Crippen molar-refractivity contribution in [3.05, 3.63) is 23.3 Å². The van der Waals surface area contributed by atoms with E-state index in [1.165, 1.54) is 0 Å². The minimum absolute atomic E-state index is 0.203. The molecular weight excluding hydrogens is 228 g/mol. The maximum absolute atomic E-state index is 13.8. The molecule has 0 spiro atoms. The first kappa shape index (κ1) is 12.1. The van der Waals surface area contributed by atoms with Gasteiger partial charge in [-0.1, -0.05) is 6.92 Å². The molecule has 0 aliphatic carbocycles. The van der Waals surface area contributed by atoms with E-state index >= 15 is 0 Å². The number of hydrogen-bond acceptors (Lipinski definition) is 3. The van der Waals surface area contributed by atoms with E-state index in [0.717, 1.165) is 6.07 Å². The number of benzene rings is 1. The van der Waals surface area contributed by atoms with Gasteiger partial charge < -0.3 is 15.2 Å². The largest absolute Gasteiger partial charge is 0.486 e. The molecule has 1 aliphatic heterocycles. The molecule has 94 valence electrons. The standard InChI is InChI=1S/C12H15F2NO2/c1-7(2-3-15)10-11(14)8(13)6-9-12(10)17-5-4-16-9/h6-7H,2-5,15H2,1H3. The van der Waals surface area contributed by atoms with Crippen LogP contribution in [0.15, 0.2) is 6.07 Å². The maximum Gasteiger partial charge on any atom is 0.167 e. The molecule has 0 saturated heterocycles. The van der Waals surface area contributed by atoms with Crippen molar-refractivity contribution in [2.75, 3.05) is 19.8 Å². The third-order valence-corrected chi connectivity index (χ3v) is 2.85. The molecule has 0 aromatic heterocycles. The lowest BCUT2D eigenvalue weighted by molar-refractivity contribution is 0.166. The second-order valence-corrected chi connectivity index (χ2v) is 4.09. The van der Waals surface area contributed by atoms with Crippen molar-refractivity contribution in [3.8, 4) is 11.5 Å². The molecule has 0 fully saturated rings. The highest BCUT2D eigenvalue weighted by molar-refractivity contribution is 5.50. The highest BCUT2D eigenvalue weighted by atomic mass is 19.2. The van der Waals surface area contributed by atoms with Gasteiger partial charge in [0.2, 0.25) is 0 Å². The molecule has 0 amide bonds. The minimum Gasteiger partial charge on any atom is -0.486 e. The van der Waals surface area contributed by atoms with E-state index in [1.54, 1.807) is 6.92 Å². The van der Waals surface area contributed by atoms with Crippen molar-refractivity contribution in [2.45, 2.75) is 19.3 Å². The molecule has 1 heterocycles. The summed E-state index contributed by atoms with van der Waals surface area (Å²) in [5.41, 5.74) is 5.67. The van der Waals surface area contributed by atoms with Crippen LogP contribution < -0.4 is 15.2 Å².